The van der Waals surface area contributed by atoms with Gasteiger partial charge in [0, 0.05) is 24.2 Å². The fourth-order valence-corrected chi connectivity index (χ4v) is 3.39. The first-order valence-corrected chi connectivity index (χ1v) is 8.53. The molecule has 1 saturated heterocycles. The standard InChI is InChI=1S/C19H26O6/c1-11(2)18(22)24-15-7-13(9-20)5-4-6-14(10-21)8-16-17(15)12(3)19(23)25-16/h6,13,15-17,20-21H,1,3-5,7-10H2,2H3/b14-6+/t13-,15-,16-,17-/m1/s1. The molecule has 138 valence electrons. The maximum absolute atomic E-state index is 12.1. The smallest absolute Gasteiger partial charge is 0.334 e. The normalized spacial score (nSPS) is 32.2. The minimum absolute atomic E-state index is 0.0535. The van der Waals surface area contributed by atoms with Crippen molar-refractivity contribution in [2.24, 2.45) is 11.8 Å². The third-order valence-electron chi connectivity index (χ3n) is 4.83. The van der Waals surface area contributed by atoms with Gasteiger partial charge < -0.3 is 19.7 Å². The second-order valence-corrected chi connectivity index (χ2v) is 6.81. The van der Waals surface area contributed by atoms with Crippen LogP contribution in [0.2, 0.25) is 0 Å². The van der Waals surface area contributed by atoms with Gasteiger partial charge in [0.25, 0.3) is 0 Å². The summed E-state index contributed by atoms with van der Waals surface area (Å²) in [6.07, 6.45) is 2.91. The molecule has 6 nitrogen and oxygen atoms in total. The average molecular weight is 350 g/mol. The zero-order chi connectivity index (χ0) is 18.6. The van der Waals surface area contributed by atoms with Crippen LogP contribution in [0.25, 0.3) is 0 Å². The predicted molar refractivity (Wildman–Crippen MR) is 91.4 cm³/mol. The van der Waals surface area contributed by atoms with Gasteiger partial charge in [-0.1, -0.05) is 19.2 Å². The third-order valence-corrected chi connectivity index (χ3v) is 4.83. The van der Waals surface area contributed by atoms with E-state index in [1.807, 2.05) is 6.08 Å². The number of aliphatic hydroxyl groups excluding tert-OH is 2. The van der Waals surface area contributed by atoms with Crippen molar-refractivity contribution in [3.63, 3.8) is 0 Å². The molecule has 0 aromatic heterocycles. The van der Waals surface area contributed by atoms with Crippen LogP contribution in [0, 0.1) is 11.8 Å². The molecule has 1 heterocycles. The largest absolute Gasteiger partial charge is 0.458 e. The molecule has 0 amide bonds. The maximum Gasteiger partial charge on any atom is 0.334 e. The van der Waals surface area contributed by atoms with Crippen LogP contribution in [-0.2, 0) is 19.1 Å². The van der Waals surface area contributed by atoms with Gasteiger partial charge in [-0.05, 0) is 37.7 Å². The number of carbonyl (C=O) groups excluding carboxylic acids is 2. The van der Waals surface area contributed by atoms with Crippen molar-refractivity contribution in [2.75, 3.05) is 13.2 Å². The van der Waals surface area contributed by atoms with Crippen LogP contribution in [0.5, 0.6) is 0 Å². The van der Waals surface area contributed by atoms with Gasteiger partial charge in [-0.3, -0.25) is 0 Å². The molecule has 0 aromatic rings. The van der Waals surface area contributed by atoms with Crippen molar-refractivity contribution in [1.82, 2.24) is 0 Å². The molecule has 0 spiro atoms. The van der Waals surface area contributed by atoms with E-state index < -0.39 is 30.1 Å². The van der Waals surface area contributed by atoms with E-state index in [0.717, 1.165) is 5.57 Å². The monoisotopic (exact) mass is 350 g/mol. The van der Waals surface area contributed by atoms with E-state index in [2.05, 4.69) is 13.2 Å². The molecule has 0 unspecified atom stereocenters. The number of ether oxygens (including phenoxy) is 2. The number of carbonyl (C=O) groups is 2. The molecule has 1 fully saturated rings. The van der Waals surface area contributed by atoms with E-state index in [4.69, 9.17) is 9.47 Å². The number of hydrogen-bond acceptors (Lipinski definition) is 6. The summed E-state index contributed by atoms with van der Waals surface area (Å²) in [7, 11) is 0. The van der Waals surface area contributed by atoms with E-state index in [0.29, 0.717) is 25.7 Å². The number of allylic oxidation sites excluding steroid dienone is 1. The average Bonchev–Trinajstić information content (AvgIpc) is 2.85. The summed E-state index contributed by atoms with van der Waals surface area (Å²) in [4.78, 5) is 24.1. The van der Waals surface area contributed by atoms with Gasteiger partial charge in [0.1, 0.15) is 12.2 Å². The van der Waals surface area contributed by atoms with Gasteiger partial charge in [-0.2, -0.15) is 0 Å². The van der Waals surface area contributed by atoms with Crippen molar-refractivity contribution in [2.45, 2.75) is 44.8 Å². The van der Waals surface area contributed by atoms with Crippen LogP contribution >= 0.6 is 0 Å². The Balaban J connectivity index is 2.36. The number of esters is 2. The Morgan fingerprint density at radius 1 is 1.44 bits per heavy atom. The highest BCUT2D eigenvalue weighted by molar-refractivity contribution is 5.91. The zero-order valence-corrected chi connectivity index (χ0v) is 14.6. The first kappa shape index (κ1) is 19.4. The topological polar surface area (TPSA) is 93.1 Å². The summed E-state index contributed by atoms with van der Waals surface area (Å²) < 4.78 is 11.0. The van der Waals surface area contributed by atoms with Gasteiger partial charge in [-0.25, -0.2) is 9.59 Å². The Labute approximate surface area is 147 Å². The summed E-state index contributed by atoms with van der Waals surface area (Å²) >= 11 is 0. The fraction of sp³-hybridized carbons (Fsp3) is 0.579. The van der Waals surface area contributed by atoms with Crippen LogP contribution in [0.3, 0.4) is 0 Å². The Bertz CT molecular complexity index is 591. The number of aliphatic hydroxyl groups is 2. The molecular weight excluding hydrogens is 324 g/mol. The van der Waals surface area contributed by atoms with Gasteiger partial charge >= 0.3 is 11.9 Å². The highest BCUT2D eigenvalue weighted by atomic mass is 16.6. The lowest BCUT2D eigenvalue weighted by molar-refractivity contribution is -0.149. The Morgan fingerprint density at radius 3 is 2.76 bits per heavy atom. The molecule has 6 heteroatoms. The Kier molecular flexibility index (Phi) is 6.56. The van der Waals surface area contributed by atoms with E-state index in [1.165, 1.54) is 0 Å². The van der Waals surface area contributed by atoms with E-state index in [1.54, 1.807) is 6.92 Å². The first-order valence-electron chi connectivity index (χ1n) is 8.53. The van der Waals surface area contributed by atoms with Crippen molar-refractivity contribution in [3.05, 3.63) is 36.0 Å². The minimum atomic E-state index is -0.636. The molecule has 25 heavy (non-hydrogen) atoms. The lowest BCUT2D eigenvalue weighted by Crippen LogP contribution is -2.36. The van der Waals surface area contributed by atoms with Crippen LogP contribution in [0.15, 0.2) is 36.0 Å². The molecule has 2 rings (SSSR count). The quantitative estimate of drug-likeness (QED) is 0.455. The molecule has 2 N–H and O–H groups in total. The molecule has 4 atom stereocenters. The molecule has 0 radical (unpaired) electrons. The summed E-state index contributed by atoms with van der Waals surface area (Å²) in [6.45, 7) is 8.78. The fourth-order valence-electron chi connectivity index (χ4n) is 3.39. The van der Waals surface area contributed by atoms with Crippen LogP contribution < -0.4 is 0 Å². The van der Waals surface area contributed by atoms with Crippen molar-refractivity contribution in [3.8, 4) is 0 Å². The van der Waals surface area contributed by atoms with Gasteiger partial charge in [0.2, 0.25) is 0 Å². The Morgan fingerprint density at radius 2 is 2.16 bits per heavy atom. The van der Waals surface area contributed by atoms with Crippen LogP contribution in [0.1, 0.15) is 32.6 Å². The van der Waals surface area contributed by atoms with Crippen LogP contribution in [-0.4, -0.2) is 47.6 Å². The molecular formula is C19H26O6. The third kappa shape index (κ3) is 4.58. The highest BCUT2D eigenvalue weighted by Crippen LogP contribution is 2.38. The van der Waals surface area contributed by atoms with Crippen molar-refractivity contribution < 1.29 is 29.3 Å². The summed E-state index contributed by atoms with van der Waals surface area (Å²) in [5.74, 6) is -1.65. The summed E-state index contributed by atoms with van der Waals surface area (Å²) in [5, 5.41) is 19.2. The SMILES string of the molecule is C=C(C)C(=O)O[C@@H]1C[C@H](CO)CC/C=C(/CO)C[C@H]2OC(=O)C(=C)[C@H]12. The summed E-state index contributed by atoms with van der Waals surface area (Å²) in [6, 6.07) is 0. The van der Waals surface area contributed by atoms with Crippen molar-refractivity contribution >= 4 is 11.9 Å². The number of fused-ring (bicyclic) bond motifs is 1. The predicted octanol–water partition coefficient (Wildman–Crippen LogP) is 1.67. The second-order valence-electron chi connectivity index (χ2n) is 6.81. The molecule has 0 bridgehead atoms. The van der Waals surface area contributed by atoms with Gasteiger partial charge in [-0.15, -0.1) is 0 Å². The molecule has 0 aromatic carbocycles. The minimum Gasteiger partial charge on any atom is -0.458 e. The molecule has 1 aliphatic heterocycles. The van der Waals surface area contributed by atoms with E-state index in [-0.39, 0.29) is 30.3 Å². The molecule has 0 saturated carbocycles. The molecule has 2 aliphatic rings. The van der Waals surface area contributed by atoms with Gasteiger partial charge in [0.05, 0.1) is 12.5 Å². The molecule has 1 aliphatic carbocycles. The maximum atomic E-state index is 12.1. The van der Waals surface area contributed by atoms with Gasteiger partial charge in [0.15, 0.2) is 0 Å². The summed E-state index contributed by atoms with van der Waals surface area (Å²) in [5.41, 5.74) is 1.29. The van der Waals surface area contributed by atoms with Crippen LogP contribution in [0.4, 0.5) is 0 Å². The highest BCUT2D eigenvalue weighted by Gasteiger charge is 2.46. The Hall–Kier alpha value is -1.92. The number of rotatable bonds is 4. The number of hydrogen-bond donors (Lipinski definition) is 2. The van der Waals surface area contributed by atoms with Crippen molar-refractivity contribution in [1.29, 1.82) is 0 Å². The lowest BCUT2D eigenvalue weighted by atomic mass is 9.81. The lowest BCUT2D eigenvalue weighted by Gasteiger charge is -2.31. The van der Waals surface area contributed by atoms with E-state index >= 15 is 0 Å². The second kappa shape index (κ2) is 8.45. The first-order chi connectivity index (χ1) is 11.9. The van der Waals surface area contributed by atoms with E-state index in [9.17, 15) is 19.8 Å². The zero-order valence-electron chi connectivity index (χ0n) is 14.6.